The number of hydrogen-bond donors (Lipinski definition) is 1. The first-order chi connectivity index (χ1) is 10.0. The van der Waals surface area contributed by atoms with Gasteiger partial charge in [0.25, 0.3) is 0 Å². The lowest BCUT2D eigenvalue weighted by Gasteiger charge is -2.34. The zero-order valence-electron chi connectivity index (χ0n) is 12.8. The summed E-state index contributed by atoms with van der Waals surface area (Å²) < 4.78 is 2.21. The van der Waals surface area contributed by atoms with E-state index >= 15 is 0 Å². The summed E-state index contributed by atoms with van der Waals surface area (Å²) in [6, 6.07) is 10.3. The van der Waals surface area contributed by atoms with Gasteiger partial charge in [-0.05, 0) is 56.2 Å². The number of carbonyl (C=O) groups excluding carboxylic acids is 1. The van der Waals surface area contributed by atoms with Crippen molar-refractivity contribution < 1.29 is 4.79 Å². The molecule has 1 aliphatic heterocycles. The lowest BCUT2D eigenvalue weighted by atomic mass is 10.1. The Bertz CT molecular complexity index is 654. The third kappa shape index (κ3) is 2.66. The van der Waals surface area contributed by atoms with E-state index in [0.717, 1.165) is 29.9 Å². The maximum absolute atomic E-state index is 12.5. The maximum Gasteiger partial charge on any atom is 0.322 e. The number of benzene rings is 1. The monoisotopic (exact) mass is 283 g/mol. The molecule has 1 aromatic heterocycles. The van der Waals surface area contributed by atoms with Gasteiger partial charge >= 0.3 is 6.03 Å². The number of aryl methyl sites for hydroxylation is 2. The molecule has 110 valence electrons. The van der Waals surface area contributed by atoms with E-state index < -0.39 is 0 Å². The summed E-state index contributed by atoms with van der Waals surface area (Å²) in [5.74, 6) is 0. The van der Waals surface area contributed by atoms with Crippen LogP contribution in [0.2, 0.25) is 0 Å². The molecule has 0 fully saturated rings. The first kappa shape index (κ1) is 13.7. The molecular formula is C17H21N3O. The third-order valence-corrected chi connectivity index (χ3v) is 4.08. The second-order valence-corrected chi connectivity index (χ2v) is 5.80. The highest BCUT2D eigenvalue weighted by atomic mass is 16.2. The highest BCUT2D eigenvalue weighted by molar-refractivity contribution is 5.89. The molecule has 0 aliphatic carbocycles. The molecule has 1 N–H and O–H groups in total. The second kappa shape index (κ2) is 5.28. The van der Waals surface area contributed by atoms with Gasteiger partial charge in [-0.3, -0.25) is 0 Å². The number of aromatic nitrogens is 1. The third-order valence-electron chi connectivity index (χ3n) is 4.08. The minimum Gasteiger partial charge on any atom is -0.348 e. The molecule has 4 nitrogen and oxygen atoms in total. The zero-order chi connectivity index (χ0) is 15.0. The zero-order valence-corrected chi connectivity index (χ0v) is 12.8. The van der Waals surface area contributed by atoms with Crippen LogP contribution < -0.4 is 5.32 Å². The number of fused-ring (bicyclic) bond motifs is 1. The number of amides is 2. The van der Waals surface area contributed by atoms with Gasteiger partial charge in [0.15, 0.2) is 0 Å². The van der Waals surface area contributed by atoms with E-state index in [-0.39, 0.29) is 12.1 Å². The Balaban J connectivity index is 1.77. The highest BCUT2D eigenvalue weighted by Gasteiger charge is 2.27. The van der Waals surface area contributed by atoms with Crippen molar-refractivity contribution in [1.82, 2.24) is 9.47 Å². The summed E-state index contributed by atoms with van der Waals surface area (Å²) in [5.41, 5.74) is 4.37. The van der Waals surface area contributed by atoms with E-state index in [9.17, 15) is 4.79 Å². The first-order valence-corrected chi connectivity index (χ1v) is 7.35. The average Bonchev–Trinajstić information content (AvgIpc) is 2.86. The predicted octanol–water partition coefficient (Wildman–Crippen LogP) is 3.71. The molecule has 21 heavy (non-hydrogen) atoms. The van der Waals surface area contributed by atoms with E-state index in [2.05, 4.69) is 35.1 Å². The van der Waals surface area contributed by atoms with Crippen LogP contribution in [0, 0.1) is 13.8 Å². The highest BCUT2D eigenvalue weighted by Crippen LogP contribution is 2.26. The Labute approximate surface area is 125 Å². The summed E-state index contributed by atoms with van der Waals surface area (Å²) in [6.45, 7) is 7.75. The van der Waals surface area contributed by atoms with Crippen LogP contribution in [0.15, 0.2) is 36.5 Å². The van der Waals surface area contributed by atoms with Crippen molar-refractivity contribution in [3.8, 4) is 0 Å². The summed E-state index contributed by atoms with van der Waals surface area (Å²) in [4.78, 5) is 14.4. The van der Waals surface area contributed by atoms with E-state index in [1.807, 2.05) is 36.9 Å². The van der Waals surface area contributed by atoms with Gasteiger partial charge in [0.05, 0.1) is 6.04 Å². The van der Waals surface area contributed by atoms with Crippen molar-refractivity contribution in [2.24, 2.45) is 0 Å². The summed E-state index contributed by atoms with van der Waals surface area (Å²) in [6.07, 6.45) is 2.07. The van der Waals surface area contributed by atoms with E-state index in [4.69, 9.17) is 0 Å². The number of urea groups is 1. The molecule has 1 aliphatic rings. The van der Waals surface area contributed by atoms with Gasteiger partial charge in [-0.25, -0.2) is 4.79 Å². The summed E-state index contributed by atoms with van der Waals surface area (Å²) >= 11 is 0. The molecule has 2 heterocycles. The summed E-state index contributed by atoms with van der Waals surface area (Å²) in [7, 11) is 0. The van der Waals surface area contributed by atoms with Crippen molar-refractivity contribution in [3.63, 3.8) is 0 Å². The number of hydrogen-bond acceptors (Lipinski definition) is 1. The fraction of sp³-hybridized carbons (Fsp3) is 0.353. The molecule has 3 rings (SSSR count). The van der Waals surface area contributed by atoms with Crippen molar-refractivity contribution in [2.75, 3.05) is 11.9 Å². The number of anilines is 1. The number of carbonyl (C=O) groups is 1. The first-order valence-electron chi connectivity index (χ1n) is 7.35. The van der Waals surface area contributed by atoms with E-state index in [1.54, 1.807) is 0 Å². The van der Waals surface area contributed by atoms with Crippen LogP contribution in [0.25, 0.3) is 0 Å². The van der Waals surface area contributed by atoms with E-state index in [0.29, 0.717) is 0 Å². The molecule has 1 aromatic carbocycles. The average molecular weight is 283 g/mol. The Kier molecular flexibility index (Phi) is 3.45. The molecule has 0 unspecified atom stereocenters. The van der Waals surface area contributed by atoms with Gasteiger partial charge in [0.2, 0.25) is 0 Å². The summed E-state index contributed by atoms with van der Waals surface area (Å²) in [5, 5.41) is 3.02. The number of rotatable bonds is 1. The van der Waals surface area contributed by atoms with Crippen LogP contribution >= 0.6 is 0 Å². The van der Waals surface area contributed by atoms with Crippen LogP contribution in [0.5, 0.6) is 0 Å². The lowest BCUT2D eigenvalue weighted by molar-refractivity contribution is 0.175. The van der Waals surface area contributed by atoms with Gasteiger partial charge in [-0.2, -0.15) is 0 Å². The normalized spacial score (nSPS) is 17.5. The topological polar surface area (TPSA) is 37.3 Å². The van der Waals surface area contributed by atoms with Gasteiger partial charge in [0.1, 0.15) is 0 Å². The molecule has 4 heteroatoms. The van der Waals surface area contributed by atoms with Crippen LogP contribution in [0.1, 0.15) is 29.8 Å². The Morgan fingerprint density at radius 2 is 1.90 bits per heavy atom. The van der Waals surface area contributed by atoms with Crippen LogP contribution in [-0.4, -0.2) is 22.0 Å². The molecule has 2 aromatic rings. The van der Waals surface area contributed by atoms with Gasteiger partial charge in [0, 0.05) is 30.7 Å². The second-order valence-electron chi connectivity index (χ2n) is 5.80. The van der Waals surface area contributed by atoms with Crippen LogP contribution in [0.3, 0.4) is 0 Å². The minimum absolute atomic E-state index is 0.0278. The molecule has 0 bridgehead atoms. The largest absolute Gasteiger partial charge is 0.348 e. The molecule has 0 saturated carbocycles. The van der Waals surface area contributed by atoms with Gasteiger partial charge in [-0.1, -0.05) is 6.07 Å². The van der Waals surface area contributed by atoms with Crippen LogP contribution in [-0.2, 0) is 6.54 Å². The molecule has 0 radical (unpaired) electrons. The lowest BCUT2D eigenvalue weighted by Crippen LogP contribution is -2.43. The molecule has 0 saturated heterocycles. The molecule has 0 spiro atoms. The van der Waals surface area contributed by atoms with Crippen molar-refractivity contribution >= 4 is 11.7 Å². The standard InChI is InChI=1S/C17H21N3O/c1-12-9-13(2)11-15(10-12)18-17(21)20-8-7-19-6-4-5-16(19)14(20)3/h4-6,9-11,14H,7-8H2,1-3H3,(H,18,21)/t14-/m0/s1. The van der Waals surface area contributed by atoms with Crippen molar-refractivity contribution in [3.05, 3.63) is 53.3 Å². The molecule has 2 amide bonds. The predicted molar refractivity (Wildman–Crippen MR) is 84.5 cm³/mol. The Morgan fingerprint density at radius 3 is 2.62 bits per heavy atom. The minimum atomic E-state index is -0.0278. The Morgan fingerprint density at radius 1 is 1.19 bits per heavy atom. The van der Waals surface area contributed by atoms with Crippen molar-refractivity contribution in [2.45, 2.75) is 33.4 Å². The Hall–Kier alpha value is -2.23. The maximum atomic E-state index is 12.5. The van der Waals surface area contributed by atoms with Gasteiger partial charge in [-0.15, -0.1) is 0 Å². The fourth-order valence-electron chi connectivity index (χ4n) is 3.10. The molecular weight excluding hydrogens is 262 g/mol. The fourth-order valence-corrected chi connectivity index (χ4v) is 3.10. The number of nitrogens with one attached hydrogen (secondary N) is 1. The van der Waals surface area contributed by atoms with Crippen LogP contribution in [0.4, 0.5) is 10.5 Å². The smallest absolute Gasteiger partial charge is 0.322 e. The quantitative estimate of drug-likeness (QED) is 0.851. The van der Waals surface area contributed by atoms with Crippen molar-refractivity contribution in [1.29, 1.82) is 0 Å². The van der Waals surface area contributed by atoms with Gasteiger partial charge < -0.3 is 14.8 Å². The van der Waals surface area contributed by atoms with E-state index in [1.165, 1.54) is 5.69 Å². The molecule has 1 atom stereocenters. The SMILES string of the molecule is Cc1cc(C)cc(NC(=O)N2CCn3cccc3[C@@H]2C)c1. The number of nitrogens with zero attached hydrogens (tertiary/aromatic N) is 2.